The number of aromatic amines is 1. The lowest BCUT2D eigenvalue weighted by molar-refractivity contribution is -0.364. The van der Waals surface area contributed by atoms with Gasteiger partial charge in [0.2, 0.25) is 11.9 Å². The van der Waals surface area contributed by atoms with Crippen molar-refractivity contribution in [2.45, 2.75) is 18.6 Å². The second-order valence-electron chi connectivity index (χ2n) is 7.03. The van der Waals surface area contributed by atoms with Crippen molar-refractivity contribution in [2.24, 2.45) is 0 Å². The summed E-state index contributed by atoms with van der Waals surface area (Å²) in [5, 5.41) is 9.52. The molecular weight excluding hydrogens is 390 g/mol. The maximum absolute atomic E-state index is 12.7. The van der Waals surface area contributed by atoms with Crippen molar-refractivity contribution in [3.8, 4) is 0 Å². The van der Waals surface area contributed by atoms with E-state index >= 15 is 0 Å². The first-order valence-corrected chi connectivity index (χ1v) is 11.1. The Labute approximate surface area is 175 Å². The highest BCUT2D eigenvalue weighted by atomic mass is 32.2. The Bertz CT molecular complexity index is 802. The molecule has 2 aromatic rings. The topological polar surface area (TPSA) is 80.9 Å². The molecule has 2 aliphatic rings. The van der Waals surface area contributed by atoms with Crippen molar-refractivity contribution < 1.29 is 14.5 Å². The molecule has 1 amide bonds. The maximum atomic E-state index is 12.7. The van der Waals surface area contributed by atoms with Crippen LogP contribution in [0.3, 0.4) is 0 Å². The summed E-state index contributed by atoms with van der Waals surface area (Å²) >= 11 is 1.48. The Hall–Kier alpha value is -2.33. The number of thioether (sulfide) groups is 1. The molecule has 0 saturated carbocycles. The van der Waals surface area contributed by atoms with Gasteiger partial charge in [0.05, 0.1) is 38.3 Å². The zero-order valence-electron chi connectivity index (χ0n) is 16.8. The van der Waals surface area contributed by atoms with Crippen LogP contribution in [0.4, 0.5) is 11.8 Å². The van der Waals surface area contributed by atoms with Crippen LogP contribution < -0.4 is 14.8 Å². The van der Waals surface area contributed by atoms with Gasteiger partial charge in [-0.15, -0.1) is 10.2 Å². The number of carbonyl (C=O) groups is 1. The van der Waals surface area contributed by atoms with Crippen LogP contribution in [0.25, 0.3) is 0 Å². The van der Waals surface area contributed by atoms with Crippen molar-refractivity contribution >= 4 is 29.4 Å². The number of ether oxygens (including phenoxy) is 1. The molecule has 4 rings (SSSR count). The van der Waals surface area contributed by atoms with Crippen LogP contribution >= 0.6 is 11.8 Å². The van der Waals surface area contributed by atoms with E-state index in [2.05, 4.69) is 42.5 Å². The van der Waals surface area contributed by atoms with Crippen molar-refractivity contribution in [3.05, 3.63) is 24.4 Å². The number of hydrogen-bond donors (Lipinski definition) is 0. The molecule has 0 unspecified atom stereocenters. The average Bonchev–Trinajstić information content (AvgIpc) is 3.21. The minimum absolute atomic E-state index is 0.158. The normalized spacial score (nSPS) is 17.6. The molecule has 29 heavy (non-hydrogen) atoms. The third kappa shape index (κ3) is 4.64. The second-order valence-corrected chi connectivity index (χ2v) is 7.97. The van der Waals surface area contributed by atoms with Gasteiger partial charge in [-0.05, 0) is 13.0 Å². The van der Waals surface area contributed by atoms with Gasteiger partial charge in [0.25, 0.3) is 5.82 Å². The zero-order chi connectivity index (χ0) is 20.1. The fourth-order valence-electron chi connectivity index (χ4n) is 3.66. The van der Waals surface area contributed by atoms with Gasteiger partial charge in [-0.2, -0.15) is 0 Å². The number of nitrogens with zero attached hydrogens (tertiary/aromatic N) is 6. The van der Waals surface area contributed by atoms with Gasteiger partial charge >= 0.3 is 0 Å². The molecule has 1 N–H and O–H groups in total. The third-order valence-corrected chi connectivity index (χ3v) is 6.25. The molecule has 0 atom stereocenters. The second kappa shape index (κ2) is 9.45. The van der Waals surface area contributed by atoms with E-state index in [4.69, 9.17) is 4.74 Å². The average molecular weight is 419 g/mol. The van der Waals surface area contributed by atoms with Gasteiger partial charge in [0.1, 0.15) is 13.1 Å². The highest BCUT2D eigenvalue weighted by molar-refractivity contribution is 7.99. The molecule has 2 saturated heterocycles. The molecule has 0 aromatic carbocycles. The SMILES string of the molecule is CCn1c(SCC(=O)N2CCN(c3cccc[nH+]3)CC2)nnc1N1CCOCC1. The first-order chi connectivity index (χ1) is 14.3. The molecule has 0 bridgehead atoms. The summed E-state index contributed by atoms with van der Waals surface area (Å²) in [7, 11) is 0. The fourth-order valence-corrected chi connectivity index (χ4v) is 4.56. The lowest BCUT2D eigenvalue weighted by Crippen LogP contribution is -2.50. The Balaban J connectivity index is 1.30. The van der Waals surface area contributed by atoms with Crippen molar-refractivity contribution in [2.75, 3.05) is 68.0 Å². The van der Waals surface area contributed by atoms with Crippen LogP contribution in [0.5, 0.6) is 0 Å². The van der Waals surface area contributed by atoms with E-state index in [0.717, 1.165) is 62.7 Å². The van der Waals surface area contributed by atoms with Gasteiger partial charge in [-0.1, -0.05) is 17.8 Å². The van der Waals surface area contributed by atoms with Gasteiger partial charge in [-0.25, -0.2) is 4.98 Å². The predicted molar refractivity (Wildman–Crippen MR) is 111 cm³/mol. The van der Waals surface area contributed by atoms with Crippen molar-refractivity contribution in [1.82, 2.24) is 19.7 Å². The third-order valence-electron chi connectivity index (χ3n) is 5.30. The van der Waals surface area contributed by atoms with Crippen molar-refractivity contribution in [1.29, 1.82) is 0 Å². The lowest BCUT2D eigenvalue weighted by Gasteiger charge is -2.31. The number of anilines is 2. The van der Waals surface area contributed by atoms with Crippen LogP contribution in [0, 0.1) is 0 Å². The molecule has 0 aliphatic carbocycles. The summed E-state index contributed by atoms with van der Waals surface area (Å²) in [5.74, 6) is 2.52. The molecule has 9 nitrogen and oxygen atoms in total. The highest BCUT2D eigenvalue weighted by Gasteiger charge is 2.27. The Morgan fingerprint density at radius 3 is 2.59 bits per heavy atom. The number of amides is 1. The largest absolute Gasteiger partial charge is 0.378 e. The number of morpholine rings is 1. The van der Waals surface area contributed by atoms with E-state index in [1.54, 1.807) is 0 Å². The zero-order valence-corrected chi connectivity index (χ0v) is 17.6. The van der Waals surface area contributed by atoms with Crippen LogP contribution in [-0.4, -0.2) is 83.8 Å². The number of H-pyrrole nitrogens is 1. The van der Waals surface area contributed by atoms with Crippen LogP contribution in [0.2, 0.25) is 0 Å². The summed E-state index contributed by atoms with van der Waals surface area (Å²) in [6, 6.07) is 6.06. The number of hydrogen-bond acceptors (Lipinski definition) is 7. The van der Waals surface area contributed by atoms with Gasteiger partial charge in [0.15, 0.2) is 5.16 Å². The molecule has 0 radical (unpaired) electrons. The maximum Gasteiger partial charge on any atom is 0.274 e. The Morgan fingerprint density at radius 1 is 1.10 bits per heavy atom. The van der Waals surface area contributed by atoms with Gasteiger partial charge in [-0.3, -0.25) is 14.3 Å². The molecule has 2 aliphatic heterocycles. The van der Waals surface area contributed by atoms with E-state index < -0.39 is 0 Å². The van der Waals surface area contributed by atoms with E-state index in [9.17, 15) is 4.79 Å². The van der Waals surface area contributed by atoms with Crippen molar-refractivity contribution in [3.63, 3.8) is 0 Å². The monoisotopic (exact) mass is 418 g/mol. The quantitative estimate of drug-likeness (QED) is 0.628. The van der Waals surface area contributed by atoms with E-state index in [0.29, 0.717) is 19.0 Å². The summed E-state index contributed by atoms with van der Waals surface area (Å²) in [6.07, 6.45) is 1.93. The number of aromatic nitrogens is 4. The van der Waals surface area contributed by atoms with Crippen LogP contribution in [0.15, 0.2) is 29.6 Å². The Morgan fingerprint density at radius 2 is 1.90 bits per heavy atom. The molecule has 10 heteroatoms. The predicted octanol–water partition coefficient (Wildman–Crippen LogP) is 0.390. The standard InChI is InChI=1S/C19H27N7O2S/c1-2-26-18(25-11-13-28-14-12-25)21-22-19(26)29-15-17(27)24-9-7-23(8-10-24)16-5-3-4-6-20-16/h3-6H,2,7-15H2,1H3/p+1. The minimum atomic E-state index is 0.158. The fraction of sp³-hybridized carbons (Fsp3) is 0.579. The highest BCUT2D eigenvalue weighted by Crippen LogP contribution is 2.23. The molecule has 2 fully saturated rings. The molecular formula is C19H28N7O2S+. The summed E-state index contributed by atoms with van der Waals surface area (Å²) in [5.41, 5.74) is 0. The number of rotatable bonds is 6. The van der Waals surface area contributed by atoms with Crippen LogP contribution in [-0.2, 0) is 16.1 Å². The lowest BCUT2D eigenvalue weighted by atomic mass is 10.3. The Kier molecular flexibility index (Phi) is 6.50. The first kappa shape index (κ1) is 20.0. The molecule has 156 valence electrons. The smallest absolute Gasteiger partial charge is 0.274 e. The summed E-state index contributed by atoms with van der Waals surface area (Å²) in [4.78, 5) is 22.4. The molecule has 4 heterocycles. The first-order valence-electron chi connectivity index (χ1n) is 10.1. The summed E-state index contributed by atoms with van der Waals surface area (Å²) in [6.45, 7) is 9.08. The van der Waals surface area contributed by atoms with E-state index in [1.807, 2.05) is 23.2 Å². The van der Waals surface area contributed by atoms with Crippen LogP contribution in [0.1, 0.15) is 6.92 Å². The van der Waals surface area contributed by atoms with E-state index in [1.165, 1.54) is 11.8 Å². The number of nitrogens with one attached hydrogen (secondary N) is 1. The summed E-state index contributed by atoms with van der Waals surface area (Å²) < 4.78 is 7.51. The molecule has 0 spiro atoms. The minimum Gasteiger partial charge on any atom is -0.378 e. The molecule has 2 aromatic heterocycles. The van der Waals surface area contributed by atoms with Gasteiger partial charge < -0.3 is 14.5 Å². The number of piperazine rings is 1. The van der Waals surface area contributed by atoms with Gasteiger partial charge in [0, 0.05) is 25.7 Å². The van der Waals surface area contributed by atoms with E-state index in [-0.39, 0.29) is 5.91 Å². The number of pyridine rings is 1. The number of carbonyl (C=O) groups excluding carboxylic acids is 1.